The molecule has 1 aromatic carbocycles. The monoisotopic (exact) mass is 330 g/mol. The van der Waals surface area contributed by atoms with Gasteiger partial charge in [-0.25, -0.2) is 0 Å². The van der Waals surface area contributed by atoms with Gasteiger partial charge in [-0.05, 0) is 25.1 Å². The van der Waals surface area contributed by atoms with Crippen LogP contribution in [0.4, 0.5) is 18.9 Å². The van der Waals surface area contributed by atoms with E-state index in [4.69, 9.17) is 4.74 Å². The van der Waals surface area contributed by atoms with Crippen molar-refractivity contribution < 1.29 is 27.5 Å². The molecule has 1 fully saturated rings. The van der Waals surface area contributed by atoms with Crippen molar-refractivity contribution in [3.63, 3.8) is 0 Å². The molecule has 2 rings (SSSR count). The molecule has 23 heavy (non-hydrogen) atoms. The number of hydrogen-bond acceptors (Lipinski definition) is 3. The molecule has 8 heteroatoms. The summed E-state index contributed by atoms with van der Waals surface area (Å²) in [5, 5.41) is 2.37. The zero-order valence-corrected chi connectivity index (χ0v) is 12.5. The van der Waals surface area contributed by atoms with Crippen LogP contribution < -0.4 is 5.32 Å². The maximum Gasteiger partial charge on any atom is 0.416 e. The van der Waals surface area contributed by atoms with Gasteiger partial charge in [0.1, 0.15) is 6.10 Å². The first kappa shape index (κ1) is 17.3. The van der Waals surface area contributed by atoms with Crippen LogP contribution in [0, 0.1) is 0 Å². The highest BCUT2D eigenvalue weighted by atomic mass is 19.4. The Balaban J connectivity index is 1.98. The van der Waals surface area contributed by atoms with Gasteiger partial charge in [-0.3, -0.25) is 9.59 Å². The fourth-order valence-corrected chi connectivity index (χ4v) is 2.30. The minimum absolute atomic E-state index is 0.0282. The Hall–Kier alpha value is -2.09. The number of alkyl halides is 3. The third-order valence-corrected chi connectivity index (χ3v) is 3.49. The number of ether oxygens (including phenoxy) is 1. The van der Waals surface area contributed by atoms with Gasteiger partial charge in [0, 0.05) is 18.8 Å². The number of carbonyl (C=O) groups is 2. The van der Waals surface area contributed by atoms with Crippen molar-refractivity contribution in [2.24, 2.45) is 0 Å². The number of carbonyl (C=O) groups excluding carboxylic acids is 2. The van der Waals surface area contributed by atoms with Crippen molar-refractivity contribution in [2.45, 2.75) is 25.6 Å². The van der Waals surface area contributed by atoms with Gasteiger partial charge in [-0.2, -0.15) is 13.2 Å². The summed E-state index contributed by atoms with van der Waals surface area (Å²) in [5.74, 6) is -0.849. The first-order chi connectivity index (χ1) is 10.8. The molecule has 126 valence electrons. The van der Waals surface area contributed by atoms with E-state index in [0.29, 0.717) is 19.7 Å². The van der Waals surface area contributed by atoms with Crippen LogP contribution in [0.3, 0.4) is 0 Å². The zero-order chi connectivity index (χ0) is 17.0. The van der Waals surface area contributed by atoms with Gasteiger partial charge >= 0.3 is 6.18 Å². The maximum absolute atomic E-state index is 12.6. The minimum atomic E-state index is -4.48. The van der Waals surface area contributed by atoms with Crippen LogP contribution in [-0.4, -0.2) is 42.5 Å². The lowest BCUT2D eigenvalue weighted by molar-refractivity contribution is -0.154. The number of amides is 2. The molecular formula is C15H17F3N2O3. The molecule has 1 aliphatic rings. The van der Waals surface area contributed by atoms with Crippen LogP contribution >= 0.6 is 0 Å². The topological polar surface area (TPSA) is 58.6 Å². The lowest BCUT2D eigenvalue weighted by Crippen LogP contribution is -2.48. The lowest BCUT2D eigenvalue weighted by atomic mass is 10.1. The summed E-state index contributed by atoms with van der Waals surface area (Å²) < 4.78 is 43.2. The Kier molecular flexibility index (Phi) is 5.25. The van der Waals surface area contributed by atoms with Crippen LogP contribution in [0.5, 0.6) is 0 Å². The largest absolute Gasteiger partial charge is 0.416 e. The summed E-state index contributed by atoms with van der Waals surface area (Å²) in [4.78, 5) is 25.5. The van der Waals surface area contributed by atoms with Gasteiger partial charge in [-0.1, -0.05) is 6.07 Å². The van der Waals surface area contributed by atoms with Crippen LogP contribution in [-0.2, 0) is 20.5 Å². The first-order valence-corrected chi connectivity index (χ1v) is 7.18. The van der Waals surface area contributed by atoms with Crippen LogP contribution in [0.1, 0.15) is 18.9 Å². The minimum Gasteiger partial charge on any atom is -0.366 e. The number of hydrogen-bond donors (Lipinski definition) is 1. The van der Waals surface area contributed by atoms with Crippen molar-refractivity contribution in [3.8, 4) is 0 Å². The second kappa shape index (κ2) is 6.99. The lowest BCUT2D eigenvalue weighted by Gasteiger charge is -2.31. The number of morpholine rings is 1. The maximum atomic E-state index is 12.6. The van der Waals surface area contributed by atoms with E-state index in [1.54, 1.807) is 4.90 Å². The molecule has 1 aliphatic heterocycles. The van der Waals surface area contributed by atoms with Gasteiger partial charge in [0.05, 0.1) is 18.6 Å². The number of likely N-dealkylation sites (N-methyl/N-ethyl adjacent to an activating group) is 1. The van der Waals surface area contributed by atoms with Gasteiger partial charge in [-0.15, -0.1) is 0 Å². The third kappa shape index (κ3) is 4.44. The summed E-state index contributed by atoms with van der Waals surface area (Å²) in [5.41, 5.74) is -0.821. The molecule has 0 spiro atoms. The summed E-state index contributed by atoms with van der Waals surface area (Å²) >= 11 is 0. The average Bonchev–Trinajstić information content (AvgIpc) is 2.49. The molecule has 0 saturated carbocycles. The van der Waals surface area contributed by atoms with Crippen molar-refractivity contribution in [1.29, 1.82) is 0 Å². The molecule has 1 unspecified atom stereocenters. The highest BCUT2D eigenvalue weighted by Crippen LogP contribution is 2.30. The third-order valence-electron chi connectivity index (χ3n) is 3.49. The highest BCUT2D eigenvalue weighted by Gasteiger charge is 2.32. The number of rotatable bonds is 4. The average molecular weight is 330 g/mol. The predicted octanol–water partition coefficient (Wildman–Crippen LogP) is 2.28. The van der Waals surface area contributed by atoms with Crippen molar-refractivity contribution in [1.82, 2.24) is 4.90 Å². The molecular weight excluding hydrogens is 313 g/mol. The SMILES string of the molecule is CCN1CCOC(CC(=O)Nc2cccc(C(F)(F)F)c2)C1=O. The summed E-state index contributed by atoms with van der Waals surface area (Å²) in [7, 11) is 0. The molecule has 1 atom stereocenters. The number of nitrogens with zero attached hydrogens (tertiary/aromatic N) is 1. The molecule has 2 amide bonds. The predicted molar refractivity (Wildman–Crippen MR) is 76.7 cm³/mol. The van der Waals surface area contributed by atoms with E-state index < -0.39 is 23.8 Å². The number of halogens is 3. The van der Waals surface area contributed by atoms with Crippen molar-refractivity contribution in [2.75, 3.05) is 25.0 Å². The Labute approximate surface area is 131 Å². The van der Waals surface area contributed by atoms with E-state index in [0.717, 1.165) is 12.1 Å². The summed E-state index contributed by atoms with van der Waals surface area (Å²) in [6, 6.07) is 4.33. The van der Waals surface area contributed by atoms with E-state index in [2.05, 4.69) is 5.32 Å². The van der Waals surface area contributed by atoms with Gasteiger partial charge in [0.15, 0.2) is 0 Å². The van der Waals surface area contributed by atoms with Crippen LogP contribution in [0.25, 0.3) is 0 Å². The summed E-state index contributed by atoms with van der Waals surface area (Å²) in [6.07, 6.45) is -5.61. The molecule has 5 nitrogen and oxygen atoms in total. The molecule has 1 saturated heterocycles. The van der Waals surface area contributed by atoms with Crippen LogP contribution in [0.15, 0.2) is 24.3 Å². The van der Waals surface area contributed by atoms with E-state index in [1.807, 2.05) is 6.92 Å². The first-order valence-electron chi connectivity index (χ1n) is 7.18. The van der Waals surface area contributed by atoms with E-state index >= 15 is 0 Å². The van der Waals surface area contributed by atoms with Gasteiger partial charge in [0.2, 0.25) is 5.91 Å². The molecule has 1 heterocycles. The molecule has 0 aliphatic carbocycles. The Morgan fingerprint density at radius 2 is 2.17 bits per heavy atom. The number of anilines is 1. The fourth-order valence-electron chi connectivity index (χ4n) is 2.30. The molecule has 0 aromatic heterocycles. The molecule has 1 N–H and O–H groups in total. The highest BCUT2D eigenvalue weighted by molar-refractivity contribution is 5.95. The zero-order valence-electron chi connectivity index (χ0n) is 12.5. The summed E-state index contributed by atoms with van der Waals surface area (Å²) in [6.45, 7) is 3.15. The normalized spacial score (nSPS) is 18.9. The van der Waals surface area contributed by atoms with Gasteiger partial charge in [0.25, 0.3) is 5.91 Å². The smallest absolute Gasteiger partial charge is 0.366 e. The van der Waals surface area contributed by atoms with Crippen molar-refractivity contribution in [3.05, 3.63) is 29.8 Å². The fraction of sp³-hybridized carbons (Fsp3) is 0.467. The quantitative estimate of drug-likeness (QED) is 0.921. The second-order valence-corrected chi connectivity index (χ2v) is 5.11. The van der Waals surface area contributed by atoms with Crippen LogP contribution in [0.2, 0.25) is 0 Å². The standard InChI is InChI=1S/C15H17F3N2O3/c1-2-20-6-7-23-12(14(20)22)9-13(21)19-11-5-3-4-10(8-11)15(16,17)18/h3-5,8,12H,2,6-7,9H2,1H3,(H,19,21). The Bertz CT molecular complexity index is 590. The molecule has 0 radical (unpaired) electrons. The second-order valence-electron chi connectivity index (χ2n) is 5.11. The molecule has 0 bridgehead atoms. The van der Waals surface area contributed by atoms with Gasteiger partial charge < -0.3 is 15.0 Å². The number of nitrogens with one attached hydrogen (secondary N) is 1. The number of benzene rings is 1. The Morgan fingerprint density at radius 3 is 2.83 bits per heavy atom. The molecule has 1 aromatic rings. The van der Waals surface area contributed by atoms with E-state index in [9.17, 15) is 22.8 Å². The Morgan fingerprint density at radius 1 is 1.43 bits per heavy atom. The van der Waals surface area contributed by atoms with E-state index in [-0.39, 0.29) is 18.0 Å². The van der Waals surface area contributed by atoms with E-state index in [1.165, 1.54) is 12.1 Å². The van der Waals surface area contributed by atoms with Crippen molar-refractivity contribution >= 4 is 17.5 Å².